The summed E-state index contributed by atoms with van der Waals surface area (Å²) in [7, 11) is 3.88. The van der Waals surface area contributed by atoms with E-state index in [9.17, 15) is 0 Å². The molecule has 4 nitrogen and oxygen atoms in total. The van der Waals surface area contributed by atoms with E-state index in [0.29, 0.717) is 5.92 Å². The first-order valence-electron chi connectivity index (χ1n) is 5.29. The standard InChI is InChI=1S/C11H20N4/c1-7-10-12-11(14(5)6)13-15(10)9(4)8(2)3/h8H,4,7H2,1-3,5-6H3. The third-order valence-electron chi connectivity index (χ3n) is 2.32. The third kappa shape index (κ3) is 2.37. The molecule has 4 heteroatoms. The van der Waals surface area contributed by atoms with Crippen molar-refractivity contribution in [3.8, 4) is 0 Å². The van der Waals surface area contributed by atoms with E-state index in [1.54, 1.807) is 0 Å². The molecule has 0 aliphatic rings. The van der Waals surface area contributed by atoms with Gasteiger partial charge in [0.05, 0.1) is 0 Å². The molecule has 0 atom stereocenters. The Morgan fingerprint density at radius 3 is 2.47 bits per heavy atom. The molecular weight excluding hydrogens is 188 g/mol. The van der Waals surface area contributed by atoms with Crippen molar-refractivity contribution in [1.82, 2.24) is 14.8 Å². The lowest BCUT2D eigenvalue weighted by Crippen LogP contribution is -2.11. The van der Waals surface area contributed by atoms with Gasteiger partial charge in [0, 0.05) is 26.2 Å². The largest absolute Gasteiger partial charge is 0.346 e. The Labute approximate surface area is 91.6 Å². The second kappa shape index (κ2) is 4.47. The zero-order valence-electron chi connectivity index (χ0n) is 10.3. The quantitative estimate of drug-likeness (QED) is 0.759. The van der Waals surface area contributed by atoms with Gasteiger partial charge in [-0.15, -0.1) is 5.10 Å². The molecule has 1 heterocycles. The Morgan fingerprint density at radius 1 is 1.47 bits per heavy atom. The highest BCUT2D eigenvalue weighted by molar-refractivity contribution is 5.44. The lowest BCUT2D eigenvalue weighted by Gasteiger charge is -2.11. The number of allylic oxidation sites excluding steroid dienone is 1. The van der Waals surface area contributed by atoms with Gasteiger partial charge in [0.25, 0.3) is 0 Å². The number of nitrogens with zero attached hydrogens (tertiary/aromatic N) is 4. The molecular formula is C11H20N4. The molecule has 1 aromatic rings. The summed E-state index contributed by atoms with van der Waals surface area (Å²) in [6.07, 6.45) is 0.868. The fourth-order valence-electron chi connectivity index (χ4n) is 1.23. The van der Waals surface area contributed by atoms with Gasteiger partial charge in [-0.25, -0.2) is 4.68 Å². The predicted molar refractivity (Wildman–Crippen MR) is 63.9 cm³/mol. The first-order chi connectivity index (χ1) is 6.97. The number of aromatic nitrogens is 3. The SMILES string of the molecule is C=C(C(C)C)n1nc(N(C)C)nc1CC. The minimum Gasteiger partial charge on any atom is -0.346 e. The van der Waals surface area contributed by atoms with E-state index in [1.165, 1.54) is 0 Å². The fourth-order valence-corrected chi connectivity index (χ4v) is 1.23. The van der Waals surface area contributed by atoms with E-state index < -0.39 is 0 Å². The number of hydrogen-bond acceptors (Lipinski definition) is 3. The first-order valence-corrected chi connectivity index (χ1v) is 5.29. The van der Waals surface area contributed by atoms with Crippen LogP contribution < -0.4 is 4.90 Å². The maximum atomic E-state index is 4.45. The highest BCUT2D eigenvalue weighted by atomic mass is 15.4. The third-order valence-corrected chi connectivity index (χ3v) is 2.32. The molecule has 0 fully saturated rings. The molecule has 15 heavy (non-hydrogen) atoms. The minimum atomic E-state index is 0.381. The topological polar surface area (TPSA) is 34.0 Å². The van der Waals surface area contributed by atoms with Gasteiger partial charge in [-0.2, -0.15) is 4.98 Å². The van der Waals surface area contributed by atoms with Crippen LogP contribution in [0.4, 0.5) is 5.95 Å². The van der Waals surface area contributed by atoms with Crippen molar-refractivity contribution in [2.24, 2.45) is 5.92 Å². The van der Waals surface area contributed by atoms with Crippen LogP contribution in [0.1, 0.15) is 26.6 Å². The van der Waals surface area contributed by atoms with Gasteiger partial charge >= 0.3 is 0 Å². The lowest BCUT2D eigenvalue weighted by molar-refractivity contribution is 0.715. The van der Waals surface area contributed by atoms with Crippen LogP contribution in [0.5, 0.6) is 0 Å². The average molecular weight is 208 g/mol. The summed E-state index contributed by atoms with van der Waals surface area (Å²) in [6.45, 7) is 10.3. The van der Waals surface area contributed by atoms with E-state index >= 15 is 0 Å². The van der Waals surface area contributed by atoms with Gasteiger partial charge in [0.15, 0.2) is 0 Å². The summed E-state index contributed by atoms with van der Waals surface area (Å²) in [5, 5.41) is 4.43. The van der Waals surface area contributed by atoms with E-state index in [1.807, 2.05) is 23.7 Å². The van der Waals surface area contributed by atoms with Crippen LogP contribution in [-0.4, -0.2) is 28.9 Å². The molecule has 0 unspecified atom stereocenters. The van der Waals surface area contributed by atoms with Crippen molar-refractivity contribution in [2.75, 3.05) is 19.0 Å². The van der Waals surface area contributed by atoms with Gasteiger partial charge in [-0.05, 0) is 5.92 Å². The maximum absolute atomic E-state index is 4.45. The highest BCUT2D eigenvalue weighted by Gasteiger charge is 2.13. The van der Waals surface area contributed by atoms with Gasteiger partial charge < -0.3 is 4.90 Å². The molecule has 0 saturated carbocycles. The van der Waals surface area contributed by atoms with Crippen molar-refractivity contribution in [3.05, 3.63) is 12.4 Å². The van der Waals surface area contributed by atoms with Crippen LogP contribution in [0.3, 0.4) is 0 Å². The Kier molecular flexibility index (Phi) is 3.50. The van der Waals surface area contributed by atoms with Gasteiger partial charge in [0.1, 0.15) is 5.82 Å². The molecule has 0 bridgehead atoms. The summed E-state index contributed by atoms with van der Waals surface area (Å²) in [4.78, 5) is 6.35. The smallest absolute Gasteiger partial charge is 0.244 e. The number of hydrogen-bond donors (Lipinski definition) is 0. The molecule has 0 spiro atoms. The zero-order valence-corrected chi connectivity index (χ0v) is 10.3. The zero-order chi connectivity index (χ0) is 11.6. The second-order valence-electron chi connectivity index (χ2n) is 4.13. The molecule has 0 radical (unpaired) electrons. The minimum absolute atomic E-state index is 0.381. The number of aryl methyl sites for hydroxylation is 1. The van der Waals surface area contributed by atoms with E-state index in [0.717, 1.165) is 23.9 Å². The Hall–Kier alpha value is -1.32. The van der Waals surface area contributed by atoms with Crippen molar-refractivity contribution in [1.29, 1.82) is 0 Å². The number of anilines is 1. The van der Waals surface area contributed by atoms with Crippen LogP contribution in [0.25, 0.3) is 5.70 Å². The molecule has 0 aliphatic heterocycles. The van der Waals surface area contributed by atoms with Gasteiger partial charge in [-0.3, -0.25) is 0 Å². The molecule has 0 N–H and O–H groups in total. The van der Waals surface area contributed by atoms with E-state index in [2.05, 4.69) is 37.4 Å². The predicted octanol–water partition coefficient (Wildman–Crippen LogP) is 2.03. The Balaban J connectivity index is 3.11. The normalized spacial score (nSPS) is 10.8. The number of rotatable bonds is 4. The van der Waals surface area contributed by atoms with Crippen molar-refractivity contribution in [2.45, 2.75) is 27.2 Å². The Morgan fingerprint density at radius 2 is 2.07 bits per heavy atom. The molecule has 0 aliphatic carbocycles. The summed E-state index contributed by atoms with van der Waals surface area (Å²) in [5.74, 6) is 2.10. The van der Waals surface area contributed by atoms with Crippen LogP contribution in [0.2, 0.25) is 0 Å². The van der Waals surface area contributed by atoms with Gasteiger partial charge in [0.2, 0.25) is 5.95 Å². The van der Waals surface area contributed by atoms with Crippen molar-refractivity contribution in [3.63, 3.8) is 0 Å². The summed E-state index contributed by atoms with van der Waals surface area (Å²) in [6, 6.07) is 0. The van der Waals surface area contributed by atoms with E-state index in [-0.39, 0.29) is 0 Å². The van der Waals surface area contributed by atoms with Crippen LogP contribution in [0, 0.1) is 5.92 Å². The lowest BCUT2D eigenvalue weighted by atomic mass is 10.1. The van der Waals surface area contributed by atoms with Crippen LogP contribution >= 0.6 is 0 Å². The molecule has 1 rings (SSSR count). The van der Waals surface area contributed by atoms with Crippen LogP contribution in [-0.2, 0) is 6.42 Å². The highest BCUT2D eigenvalue weighted by Crippen LogP contribution is 2.17. The fraction of sp³-hybridized carbons (Fsp3) is 0.636. The molecule has 84 valence electrons. The summed E-state index contributed by atoms with van der Waals surface area (Å²) < 4.78 is 1.86. The first kappa shape index (κ1) is 11.8. The summed E-state index contributed by atoms with van der Waals surface area (Å²) >= 11 is 0. The molecule has 0 aromatic carbocycles. The van der Waals surface area contributed by atoms with Crippen LogP contribution in [0.15, 0.2) is 6.58 Å². The summed E-state index contributed by atoms with van der Waals surface area (Å²) in [5.41, 5.74) is 0.993. The van der Waals surface area contributed by atoms with Gasteiger partial charge in [-0.1, -0.05) is 27.4 Å². The van der Waals surface area contributed by atoms with Crippen molar-refractivity contribution >= 4 is 11.6 Å². The van der Waals surface area contributed by atoms with E-state index in [4.69, 9.17) is 0 Å². The monoisotopic (exact) mass is 208 g/mol. The molecule has 0 amide bonds. The maximum Gasteiger partial charge on any atom is 0.244 e. The van der Waals surface area contributed by atoms with Crippen molar-refractivity contribution < 1.29 is 0 Å². The Bertz CT molecular complexity index is 349. The molecule has 1 aromatic heterocycles. The molecule has 0 saturated heterocycles. The average Bonchev–Trinajstić information content (AvgIpc) is 2.59. The second-order valence-corrected chi connectivity index (χ2v) is 4.13.